The Bertz CT molecular complexity index is 3300. The normalized spacial score (nSPS) is 12.3. The third kappa shape index (κ3) is 5.52. The van der Waals surface area contributed by atoms with Gasteiger partial charge in [-0.25, -0.2) is 0 Å². The summed E-state index contributed by atoms with van der Waals surface area (Å²) in [5, 5.41) is 20.2. The Labute approximate surface area is 356 Å². The summed E-state index contributed by atoms with van der Waals surface area (Å²) >= 11 is 0. The van der Waals surface area contributed by atoms with E-state index < -0.39 is 5.41 Å². The molecule has 0 bridgehead atoms. The van der Waals surface area contributed by atoms with E-state index in [0.29, 0.717) is 0 Å². The second kappa shape index (κ2) is 13.4. The maximum absolute atomic E-state index is 2.52. The van der Waals surface area contributed by atoms with Crippen LogP contribution in [0, 0.1) is 27.7 Å². The maximum Gasteiger partial charge on any atom is 0.0702 e. The van der Waals surface area contributed by atoms with Gasteiger partial charge in [0.05, 0.1) is 5.41 Å². The number of hydrogen-bond acceptors (Lipinski definition) is 0. The molecule has 12 aromatic rings. The van der Waals surface area contributed by atoms with Gasteiger partial charge in [-0.05, 0) is 160 Å². The summed E-state index contributed by atoms with van der Waals surface area (Å²) in [6.07, 6.45) is 0. The Morgan fingerprint density at radius 3 is 0.574 bits per heavy atom. The summed E-state index contributed by atoms with van der Waals surface area (Å²) in [5.41, 5.74) is 9.33. The minimum atomic E-state index is -0.722. The van der Waals surface area contributed by atoms with E-state index in [0.717, 1.165) is 0 Å². The van der Waals surface area contributed by atoms with Crippen molar-refractivity contribution in [3.8, 4) is 0 Å². The lowest BCUT2D eigenvalue weighted by molar-refractivity contribution is 0.751. The molecule has 12 aromatic carbocycles. The molecule has 0 spiro atoms. The van der Waals surface area contributed by atoms with Crippen LogP contribution in [0.5, 0.6) is 0 Å². The van der Waals surface area contributed by atoms with E-state index in [1.165, 1.54) is 131 Å². The highest BCUT2D eigenvalue weighted by atomic mass is 14.4. The average Bonchev–Trinajstić information content (AvgIpc) is 3.29. The zero-order valence-corrected chi connectivity index (χ0v) is 35.0. The maximum atomic E-state index is 2.52. The van der Waals surface area contributed by atoms with E-state index in [-0.39, 0.29) is 0 Å². The first kappa shape index (κ1) is 35.6. The molecule has 0 unspecified atom stereocenters. The van der Waals surface area contributed by atoms with Gasteiger partial charge in [-0.3, -0.25) is 0 Å². The molecule has 0 saturated carbocycles. The molecule has 0 fully saturated rings. The standard InChI is InChI=1S/C61H44/c1-37-5-9-41-13-17-45-21-25-49(33-57(45)53(41)29-37)61(50-26-22-46-18-14-42-10-6-38(2)30-54(42)58(46)34-50,51-27-23-47-19-15-43-11-7-39(3)31-55(43)59(47)35-51)52-28-24-48-20-16-44-12-8-40(4)32-56(44)60(48)36-52/h5-36H,1-4H3. The number of aryl methyl sites for hydroxylation is 4. The van der Waals surface area contributed by atoms with Crippen LogP contribution in [-0.2, 0) is 5.41 Å². The Morgan fingerprint density at radius 1 is 0.197 bits per heavy atom. The molecule has 0 nitrogen and oxygen atoms in total. The van der Waals surface area contributed by atoms with Crippen LogP contribution in [0.3, 0.4) is 0 Å². The second-order valence-electron chi connectivity index (χ2n) is 17.7. The van der Waals surface area contributed by atoms with Crippen molar-refractivity contribution in [2.45, 2.75) is 33.1 Å². The zero-order valence-electron chi connectivity index (χ0n) is 35.0. The van der Waals surface area contributed by atoms with Crippen LogP contribution < -0.4 is 0 Å². The Kier molecular flexibility index (Phi) is 7.81. The number of fused-ring (bicyclic) bond motifs is 12. The number of rotatable bonds is 4. The minimum absolute atomic E-state index is 0.722. The van der Waals surface area contributed by atoms with Gasteiger partial charge in [0.25, 0.3) is 0 Å². The van der Waals surface area contributed by atoms with E-state index >= 15 is 0 Å². The fourth-order valence-electron chi connectivity index (χ4n) is 10.6. The molecule has 0 atom stereocenters. The monoisotopic (exact) mass is 776 g/mol. The van der Waals surface area contributed by atoms with Gasteiger partial charge in [-0.2, -0.15) is 0 Å². The van der Waals surface area contributed by atoms with Crippen molar-refractivity contribution in [3.05, 3.63) is 239 Å². The van der Waals surface area contributed by atoms with E-state index in [1.54, 1.807) is 0 Å². The molecule has 0 saturated heterocycles. The predicted molar refractivity (Wildman–Crippen MR) is 264 cm³/mol. The first-order valence-electron chi connectivity index (χ1n) is 21.5. The van der Waals surface area contributed by atoms with Gasteiger partial charge >= 0.3 is 0 Å². The van der Waals surface area contributed by atoms with Crippen molar-refractivity contribution < 1.29 is 0 Å². The quantitative estimate of drug-likeness (QED) is 0.123. The van der Waals surface area contributed by atoms with Crippen molar-refractivity contribution in [1.82, 2.24) is 0 Å². The van der Waals surface area contributed by atoms with Gasteiger partial charge in [0.15, 0.2) is 0 Å². The van der Waals surface area contributed by atoms with Gasteiger partial charge in [-0.1, -0.05) is 192 Å². The number of benzene rings is 12. The fraction of sp³-hybridized carbons (Fsp3) is 0.0820. The van der Waals surface area contributed by atoms with Crippen molar-refractivity contribution in [2.75, 3.05) is 0 Å². The van der Waals surface area contributed by atoms with Crippen LogP contribution in [0.25, 0.3) is 86.2 Å². The molecule has 0 aliphatic heterocycles. The van der Waals surface area contributed by atoms with Crippen LogP contribution in [0.15, 0.2) is 194 Å². The highest BCUT2D eigenvalue weighted by molar-refractivity contribution is 6.12. The van der Waals surface area contributed by atoms with Gasteiger partial charge in [-0.15, -0.1) is 0 Å². The van der Waals surface area contributed by atoms with E-state index in [2.05, 4.69) is 222 Å². The van der Waals surface area contributed by atoms with Crippen LogP contribution in [-0.4, -0.2) is 0 Å². The molecule has 0 amide bonds. The molecule has 0 aromatic heterocycles. The summed E-state index contributed by atoms with van der Waals surface area (Å²) in [7, 11) is 0. The first-order chi connectivity index (χ1) is 29.8. The van der Waals surface area contributed by atoms with Gasteiger partial charge < -0.3 is 0 Å². The molecule has 12 rings (SSSR count). The molecule has 61 heavy (non-hydrogen) atoms. The van der Waals surface area contributed by atoms with Crippen molar-refractivity contribution in [2.24, 2.45) is 0 Å². The van der Waals surface area contributed by atoms with Crippen LogP contribution in [0.1, 0.15) is 44.5 Å². The summed E-state index contributed by atoms with van der Waals surface area (Å²) in [6.45, 7) is 8.82. The highest BCUT2D eigenvalue weighted by Gasteiger charge is 2.39. The smallest absolute Gasteiger partial charge is 0.0587 e. The van der Waals surface area contributed by atoms with E-state index in [1.807, 2.05) is 0 Å². The average molecular weight is 777 g/mol. The summed E-state index contributed by atoms with van der Waals surface area (Å²) < 4.78 is 0. The van der Waals surface area contributed by atoms with Gasteiger partial charge in [0.2, 0.25) is 0 Å². The molecular formula is C61H44. The van der Waals surface area contributed by atoms with Gasteiger partial charge in [0, 0.05) is 0 Å². The Morgan fingerprint density at radius 2 is 0.361 bits per heavy atom. The molecule has 0 aliphatic rings. The summed E-state index contributed by atoms with van der Waals surface area (Å²) in [5.74, 6) is 0. The molecule has 288 valence electrons. The van der Waals surface area contributed by atoms with E-state index in [4.69, 9.17) is 0 Å². The van der Waals surface area contributed by atoms with Gasteiger partial charge in [0.1, 0.15) is 0 Å². The topological polar surface area (TPSA) is 0 Å². The largest absolute Gasteiger partial charge is 0.0702 e. The van der Waals surface area contributed by atoms with E-state index in [9.17, 15) is 0 Å². The summed E-state index contributed by atoms with van der Waals surface area (Å²) in [6, 6.07) is 74.9. The van der Waals surface area contributed by atoms with Crippen molar-refractivity contribution >= 4 is 86.2 Å². The first-order valence-corrected chi connectivity index (χ1v) is 21.5. The lowest BCUT2D eigenvalue weighted by Crippen LogP contribution is -2.31. The molecule has 0 heterocycles. The number of hydrogen-bond donors (Lipinski definition) is 0. The van der Waals surface area contributed by atoms with Crippen LogP contribution >= 0.6 is 0 Å². The predicted octanol–water partition coefficient (Wildman–Crippen LogP) is 16.5. The van der Waals surface area contributed by atoms with Crippen molar-refractivity contribution in [3.63, 3.8) is 0 Å². The molecule has 0 radical (unpaired) electrons. The lowest BCUT2D eigenvalue weighted by Gasteiger charge is -2.38. The van der Waals surface area contributed by atoms with Crippen LogP contribution in [0.2, 0.25) is 0 Å². The van der Waals surface area contributed by atoms with Crippen molar-refractivity contribution in [1.29, 1.82) is 0 Å². The lowest BCUT2D eigenvalue weighted by atomic mass is 9.64. The highest BCUT2D eigenvalue weighted by Crippen LogP contribution is 2.49. The third-order valence-electron chi connectivity index (χ3n) is 13.7. The Hall–Kier alpha value is -7.28. The molecule has 0 aliphatic carbocycles. The third-order valence-corrected chi connectivity index (χ3v) is 13.7. The molecular weight excluding hydrogens is 733 g/mol. The van der Waals surface area contributed by atoms with Crippen LogP contribution in [0.4, 0.5) is 0 Å². The molecule has 0 heteroatoms. The molecule has 0 N–H and O–H groups in total. The zero-order chi connectivity index (χ0) is 41.0. The summed E-state index contributed by atoms with van der Waals surface area (Å²) in [4.78, 5) is 0. The minimum Gasteiger partial charge on any atom is -0.0587 e. The Balaban J connectivity index is 1.29. The second-order valence-corrected chi connectivity index (χ2v) is 17.7. The fourth-order valence-corrected chi connectivity index (χ4v) is 10.6. The SMILES string of the molecule is Cc1ccc2ccc3ccc(C(c4ccc5ccc6ccc(C)cc6c5c4)(c4ccc5ccc6ccc(C)cc6c5c4)c4ccc5ccc6ccc(C)cc6c5c4)cc3c2c1.